The Morgan fingerprint density at radius 2 is 1.91 bits per heavy atom. The van der Waals surface area contributed by atoms with Crippen molar-refractivity contribution in [1.29, 1.82) is 0 Å². The average molecular weight is 616 g/mol. The number of hydrogen-bond donors (Lipinski definition) is 0. The number of halogens is 1. The smallest absolute Gasteiger partial charge is 0.316 e. The molecule has 5 aliphatic rings. The van der Waals surface area contributed by atoms with Crippen LogP contribution in [0.4, 0.5) is 4.39 Å². The van der Waals surface area contributed by atoms with Crippen LogP contribution in [-0.4, -0.2) is 45.9 Å². The number of nitrogens with zero attached hydrogens (tertiary/aromatic N) is 3. The molecule has 0 radical (unpaired) electrons. The van der Waals surface area contributed by atoms with Crippen LogP contribution in [0.15, 0.2) is 64.4 Å². The molecule has 0 N–H and O–H groups in total. The number of fused-ring (bicyclic) bond motifs is 6. The van der Waals surface area contributed by atoms with Crippen molar-refractivity contribution in [2.45, 2.75) is 81.0 Å². The Morgan fingerprint density at radius 1 is 1.09 bits per heavy atom. The predicted octanol–water partition coefficient (Wildman–Crippen LogP) is 5.40. The predicted molar refractivity (Wildman–Crippen MR) is 163 cm³/mol. The third-order valence-electron chi connectivity index (χ3n) is 10.0. The monoisotopic (exact) mass is 615 g/mol. The Morgan fingerprint density at radius 3 is 2.70 bits per heavy atom. The number of ether oxygens (including phenoxy) is 2. The first-order valence-corrected chi connectivity index (χ1v) is 16.3. The second kappa shape index (κ2) is 9.68. The second-order valence-electron chi connectivity index (χ2n) is 13.6. The fourth-order valence-corrected chi connectivity index (χ4v) is 9.07. The van der Waals surface area contributed by atoms with Crippen molar-refractivity contribution in [3.63, 3.8) is 0 Å². The van der Waals surface area contributed by atoms with Crippen LogP contribution in [-0.2, 0) is 15.3 Å². The largest absolute Gasteiger partial charge is 0.419 e. The van der Waals surface area contributed by atoms with E-state index in [4.69, 9.17) is 9.47 Å². The van der Waals surface area contributed by atoms with E-state index < -0.39 is 29.0 Å². The average Bonchev–Trinajstić information content (AvgIpc) is 3.52. The van der Waals surface area contributed by atoms with Crippen molar-refractivity contribution >= 4 is 23.6 Å². The molecule has 0 saturated carbocycles. The van der Waals surface area contributed by atoms with Crippen molar-refractivity contribution in [1.82, 2.24) is 9.58 Å². The molecule has 2 aromatic carbocycles. The summed E-state index contributed by atoms with van der Waals surface area (Å²) >= 11 is 1.66. The molecule has 5 atom stereocenters. The van der Waals surface area contributed by atoms with Gasteiger partial charge in [0.1, 0.15) is 18.0 Å². The molecule has 1 aromatic heterocycles. The van der Waals surface area contributed by atoms with Gasteiger partial charge in [0.05, 0.1) is 17.1 Å². The first kappa shape index (κ1) is 27.9. The number of carbonyl (C=O) groups is 2. The maximum Gasteiger partial charge on any atom is 0.316 e. The lowest BCUT2D eigenvalue weighted by Gasteiger charge is -2.57. The Kier molecular flexibility index (Phi) is 6.14. The summed E-state index contributed by atoms with van der Waals surface area (Å²) in [6.07, 6.45) is 4.61. The van der Waals surface area contributed by atoms with Gasteiger partial charge in [0.2, 0.25) is 11.2 Å². The van der Waals surface area contributed by atoms with E-state index >= 15 is 4.39 Å². The Bertz CT molecular complexity index is 1790. The summed E-state index contributed by atoms with van der Waals surface area (Å²) in [5, 5.41) is 2.08. The number of pyridine rings is 1. The number of benzene rings is 2. The molecule has 0 aliphatic carbocycles. The van der Waals surface area contributed by atoms with Gasteiger partial charge in [-0.3, -0.25) is 24.1 Å². The van der Waals surface area contributed by atoms with Crippen LogP contribution in [0, 0.1) is 17.2 Å². The summed E-state index contributed by atoms with van der Waals surface area (Å²) in [7, 11) is 0. The number of aromatic nitrogens is 1. The molecule has 8 nitrogen and oxygen atoms in total. The van der Waals surface area contributed by atoms with Crippen molar-refractivity contribution in [2.24, 2.45) is 11.3 Å². The second-order valence-corrected chi connectivity index (χ2v) is 14.6. The Labute approximate surface area is 259 Å². The number of thioether (sulfide) groups is 1. The van der Waals surface area contributed by atoms with Gasteiger partial charge in [0.25, 0.3) is 5.91 Å². The first-order chi connectivity index (χ1) is 21.1. The molecule has 3 saturated heterocycles. The normalized spacial score (nSPS) is 28.4. The zero-order chi connectivity index (χ0) is 30.5. The van der Waals surface area contributed by atoms with E-state index in [-0.39, 0.29) is 40.8 Å². The zero-order valence-electron chi connectivity index (χ0n) is 24.9. The summed E-state index contributed by atoms with van der Waals surface area (Å²) in [6.45, 7) is 5.51. The maximum absolute atomic E-state index is 16.2. The topological polar surface area (TPSA) is 81.1 Å². The summed E-state index contributed by atoms with van der Waals surface area (Å²) in [5.41, 5.74) is 0.491. The number of esters is 1. The van der Waals surface area contributed by atoms with Crippen LogP contribution >= 0.6 is 11.8 Å². The van der Waals surface area contributed by atoms with Crippen molar-refractivity contribution < 1.29 is 23.5 Å². The number of rotatable bonds is 2. The van der Waals surface area contributed by atoms with E-state index in [9.17, 15) is 14.4 Å². The fraction of sp³-hybridized carbons (Fsp3) is 0.441. The molecule has 3 aromatic rings. The molecule has 44 heavy (non-hydrogen) atoms. The molecule has 2 bridgehead atoms. The van der Waals surface area contributed by atoms with E-state index in [1.165, 1.54) is 12.1 Å². The van der Waals surface area contributed by atoms with Gasteiger partial charge in [-0.05, 0) is 69.7 Å². The molecule has 228 valence electrons. The minimum atomic E-state index is -0.906. The van der Waals surface area contributed by atoms with E-state index in [0.29, 0.717) is 24.3 Å². The SMILES string of the molecule is CC(C)(C)C(=O)Oc1c2n(ccc1=O)N([C@@H]1c3ccccc3SCc3cccc(F)c31)[C@@H]1[C@H]3C[C@@H]4CC[C@@]3(CCN1C2=O)O4. The van der Waals surface area contributed by atoms with Gasteiger partial charge in [-0.1, -0.05) is 30.3 Å². The van der Waals surface area contributed by atoms with E-state index in [1.54, 1.807) is 49.5 Å². The van der Waals surface area contributed by atoms with Crippen LogP contribution < -0.4 is 15.2 Å². The van der Waals surface area contributed by atoms with Gasteiger partial charge in [-0.15, -0.1) is 11.8 Å². The Balaban J connectivity index is 1.41. The lowest BCUT2D eigenvalue weighted by Crippen LogP contribution is -2.70. The molecular formula is C34H34FN3O5S. The van der Waals surface area contributed by atoms with Gasteiger partial charge in [0, 0.05) is 40.9 Å². The number of piperidine rings is 1. The van der Waals surface area contributed by atoms with Gasteiger partial charge >= 0.3 is 5.97 Å². The van der Waals surface area contributed by atoms with E-state index in [0.717, 1.165) is 35.3 Å². The Hall–Kier alpha value is -3.63. The molecule has 5 aliphatic heterocycles. The molecule has 3 fully saturated rings. The summed E-state index contributed by atoms with van der Waals surface area (Å²) < 4.78 is 30.3. The van der Waals surface area contributed by atoms with Gasteiger partial charge in [-0.2, -0.15) is 0 Å². The lowest BCUT2D eigenvalue weighted by atomic mass is 9.71. The highest BCUT2D eigenvalue weighted by atomic mass is 32.2. The first-order valence-electron chi connectivity index (χ1n) is 15.3. The molecule has 1 amide bonds. The fourth-order valence-electron chi connectivity index (χ4n) is 7.98. The highest BCUT2D eigenvalue weighted by molar-refractivity contribution is 7.98. The van der Waals surface area contributed by atoms with Crippen LogP contribution in [0.1, 0.15) is 79.7 Å². The van der Waals surface area contributed by atoms with Crippen molar-refractivity contribution in [3.8, 4) is 5.75 Å². The van der Waals surface area contributed by atoms with E-state index in [2.05, 4.69) is 11.1 Å². The van der Waals surface area contributed by atoms with Gasteiger partial charge in [0.15, 0.2) is 5.69 Å². The van der Waals surface area contributed by atoms with Crippen LogP contribution in [0.5, 0.6) is 5.75 Å². The molecule has 10 heteroatoms. The van der Waals surface area contributed by atoms with Crippen LogP contribution in [0.25, 0.3) is 0 Å². The van der Waals surface area contributed by atoms with Crippen molar-refractivity contribution in [2.75, 3.05) is 11.6 Å². The summed E-state index contributed by atoms with van der Waals surface area (Å²) in [4.78, 5) is 43.9. The lowest BCUT2D eigenvalue weighted by molar-refractivity contribution is -0.143. The molecular weight excluding hydrogens is 581 g/mol. The highest BCUT2D eigenvalue weighted by Crippen LogP contribution is 2.57. The van der Waals surface area contributed by atoms with Crippen LogP contribution in [0.3, 0.4) is 0 Å². The quantitative estimate of drug-likeness (QED) is 0.358. The summed E-state index contributed by atoms with van der Waals surface area (Å²) in [6, 6.07) is 13.9. The standard InChI is InChI=1S/C34H34FN3O5S/c1-33(2,3)32(41)42-29-24(39)12-15-37-28(29)31(40)36-16-14-34-13-11-20(43-34)17-22(34)30(36)38(37)27-21-8-4-5-10-25(21)44-18-19-7-6-9-23(35)26(19)27/h4-10,12,15,20,22,27,30H,11,13-14,16-18H2,1-3H3/t20-,22+,27+,30+,34-/m0/s1. The number of carbonyl (C=O) groups excluding carboxylic acids is 2. The van der Waals surface area contributed by atoms with Gasteiger partial charge < -0.3 is 14.4 Å². The molecule has 1 spiro atoms. The summed E-state index contributed by atoms with van der Waals surface area (Å²) in [5.74, 6) is -1.04. The minimum absolute atomic E-state index is 0.0151. The molecule has 8 rings (SSSR count). The van der Waals surface area contributed by atoms with E-state index in [1.807, 2.05) is 29.2 Å². The van der Waals surface area contributed by atoms with Crippen LogP contribution in [0.2, 0.25) is 0 Å². The number of hydrogen-bond acceptors (Lipinski definition) is 7. The van der Waals surface area contributed by atoms with Gasteiger partial charge in [-0.25, -0.2) is 4.39 Å². The highest BCUT2D eigenvalue weighted by Gasteiger charge is 2.63. The molecule has 0 unspecified atom stereocenters. The third-order valence-corrected chi connectivity index (χ3v) is 11.2. The number of amides is 1. The van der Waals surface area contributed by atoms with Crippen molar-refractivity contribution in [3.05, 3.63) is 93.2 Å². The third kappa shape index (κ3) is 3.96. The molecule has 6 heterocycles. The minimum Gasteiger partial charge on any atom is -0.419 e. The maximum atomic E-state index is 16.2. The zero-order valence-corrected chi connectivity index (χ0v) is 25.7.